The van der Waals surface area contributed by atoms with Crippen molar-refractivity contribution in [1.29, 1.82) is 0 Å². The third-order valence-electron chi connectivity index (χ3n) is 1.93. The molecule has 0 amide bonds. The number of aromatic nitrogens is 2. The molecule has 0 fully saturated rings. The lowest BCUT2D eigenvalue weighted by Crippen LogP contribution is -2.13. The number of hydrogen-bond acceptors (Lipinski definition) is 3. The second-order valence-corrected chi connectivity index (χ2v) is 3.96. The number of hydrogen-bond donors (Lipinski definition) is 1. The maximum absolute atomic E-state index is 11.3. The molecule has 0 saturated carbocycles. The largest absolute Gasteiger partial charge is 0.486 e. The summed E-state index contributed by atoms with van der Waals surface area (Å²) in [7, 11) is 0. The maximum Gasteiger partial charge on any atom is 0.265 e. The molecule has 0 aliphatic rings. The average molecular weight is 281 g/mol. The molecule has 0 radical (unpaired) electrons. The first-order chi connectivity index (χ1) is 7.75. The van der Waals surface area contributed by atoms with Crippen molar-refractivity contribution in [2.24, 2.45) is 0 Å². The van der Waals surface area contributed by atoms with Gasteiger partial charge in [0.15, 0.2) is 0 Å². The fourth-order valence-electron chi connectivity index (χ4n) is 1.16. The number of nitrogens with zero attached hydrogens (tertiary/aromatic N) is 1. The van der Waals surface area contributed by atoms with Gasteiger partial charge in [0.25, 0.3) is 5.56 Å². The van der Waals surface area contributed by atoms with Crippen LogP contribution in [0.2, 0.25) is 0 Å². The topological polar surface area (TPSA) is 55.0 Å². The molecule has 1 heterocycles. The van der Waals surface area contributed by atoms with E-state index in [4.69, 9.17) is 4.74 Å². The minimum atomic E-state index is -0.207. The van der Waals surface area contributed by atoms with Crippen molar-refractivity contribution in [3.8, 4) is 5.75 Å². The molecule has 1 N–H and O–H groups in total. The van der Waals surface area contributed by atoms with Crippen LogP contribution in [-0.4, -0.2) is 9.97 Å². The van der Waals surface area contributed by atoms with Crippen LogP contribution in [-0.2, 0) is 6.61 Å². The van der Waals surface area contributed by atoms with Crippen molar-refractivity contribution in [2.75, 3.05) is 0 Å². The number of H-pyrrole nitrogens is 1. The summed E-state index contributed by atoms with van der Waals surface area (Å²) in [6.45, 7) is 0.243. The third kappa shape index (κ3) is 2.70. The van der Waals surface area contributed by atoms with Gasteiger partial charge in [0, 0.05) is 6.20 Å². The highest BCUT2D eigenvalue weighted by atomic mass is 79.9. The lowest BCUT2D eigenvalue weighted by Gasteiger charge is -2.04. The van der Waals surface area contributed by atoms with Gasteiger partial charge in [0.2, 0.25) is 0 Å². The van der Waals surface area contributed by atoms with Crippen molar-refractivity contribution < 1.29 is 4.74 Å². The average Bonchev–Trinajstić information content (AvgIpc) is 2.32. The Bertz CT molecular complexity index is 525. The van der Waals surface area contributed by atoms with Gasteiger partial charge in [-0.2, -0.15) is 0 Å². The number of halogens is 1. The van der Waals surface area contributed by atoms with Crippen molar-refractivity contribution in [3.63, 3.8) is 0 Å². The number of ether oxygens (including phenoxy) is 1. The van der Waals surface area contributed by atoms with E-state index in [9.17, 15) is 4.79 Å². The summed E-state index contributed by atoms with van der Waals surface area (Å²) in [6.07, 6.45) is 1.46. The molecule has 2 aromatic rings. The number of para-hydroxylation sites is 1. The van der Waals surface area contributed by atoms with Gasteiger partial charge in [-0.1, -0.05) is 18.2 Å². The van der Waals surface area contributed by atoms with Crippen molar-refractivity contribution >= 4 is 15.9 Å². The van der Waals surface area contributed by atoms with Gasteiger partial charge < -0.3 is 9.72 Å². The zero-order valence-electron chi connectivity index (χ0n) is 8.31. The predicted molar refractivity (Wildman–Crippen MR) is 63.3 cm³/mol. The summed E-state index contributed by atoms with van der Waals surface area (Å²) < 4.78 is 5.85. The molecule has 1 aromatic carbocycles. The molecule has 0 spiro atoms. The predicted octanol–water partition coefficient (Wildman–Crippen LogP) is 2.11. The second-order valence-electron chi connectivity index (χ2n) is 3.11. The van der Waals surface area contributed by atoms with Crippen LogP contribution in [0, 0.1) is 0 Å². The van der Waals surface area contributed by atoms with E-state index in [0.29, 0.717) is 10.3 Å². The normalized spacial score (nSPS) is 10.1. The second kappa shape index (κ2) is 4.94. The van der Waals surface area contributed by atoms with Gasteiger partial charge in [-0.3, -0.25) is 4.79 Å². The maximum atomic E-state index is 11.3. The summed E-state index contributed by atoms with van der Waals surface area (Å²) in [6, 6.07) is 9.36. The Labute approximate surface area is 100 Å². The zero-order chi connectivity index (χ0) is 11.4. The minimum Gasteiger partial charge on any atom is -0.486 e. The van der Waals surface area contributed by atoms with E-state index in [2.05, 4.69) is 25.9 Å². The van der Waals surface area contributed by atoms with Gasteiger partial charge in [-0.15, -0.1) is 0 Å². The van der Waals surface area contributed by atoms with Crippen LogP contribution in [0.1, 0.15) is 5.82 Å². The van der Waals surface area contributed by atoms with E-state index < -0.39 is 0 Å². The molecule has 0 aliphatic carbocycles. The van der Waals surface area contributed by atoms with Crippen LogP contribution in [0.25, 0.3) is 0 Å². The van der Waals surface area contributed by atoms with Crippen molar-refractivity contribution in [2.45, 2.75) is 6.61 Å². The highest BCUT2D eigenvalue weighted by Crippen LogP contribution is 2.09. The van der Waals surface area contributed by atoms with Crippen LogP contribution in [0.15, 0.2) is 45.8 Å². The smallest absolute Gasteiger partial charge is 0.265 e. The molecular formula is C11H9BrN2O2. The van der Waals surface area contributed by atoms with E-state index in [0.717, 1.165) is 5.75 Å². The summed E-state index contributed by atoms with van der Waals surface area (Å²) in [5.74, 6) is 1.24. The summed E-state index contributed by atoms with van der Waals surface area (Å²) in [5.41, 5.74) is -0.207. The van der Waals surface area contributed by atoms with Crippen molar-refractivity contribution in [3.05, 3.63) is 57.2 Å². The molecule has 0 bridgehead atoms. The lowest BCUT2D eigenvalue weighted by molar-refractivity contribution is 0.295. The van der Waals surface area contributed by atoms with E-state index >= 15 is 0 Å². The molecule has 2 rings (SSSR count). The number of aromatic amines is 1. The Morgan fingerprint density at radius 2 is 2.06 bits per heavy atom. The first-order valence-corrected chi connectivity index (χ1v) is 5.46. The van der Waals surface area contributed by atoms with Crippen LogP contribution >= 0.6 is 15.9 Å². The standard InChI is InChI=1S/C11H9BrN2O2/c12-9-6-13-10(14-11(9)15)7-16-8-4-2-1-3-5-8/h1-6H,7H2,(H,13,14,15). The van der Waals surface area contributed by atoms with Gasteiger partial charge >= 0.3 is 0 Å². The summed E-state index contributed by atoms with van der Waals surface area (Å²) in [5, 5.41) is 0. The molecule has 16 heavy (non-hydrogen) atoms. The zero-order valence-corrected chi connectivity index (χ0v) is 9.90. The first-order valence-electron chi connectivity index (χ1n) is 4.67. The Kier molecular flexibility index (Phi) is 3.36. The van der Waals surface area contributed by atoms with Crippen LogP contribution in [0.4, 0.5) is 0 Å². The van der Waals surface area contributed by atoms with E-state index in [-0.39, 0.29) is 12.2 Å². The van der Waals surface area contributed by atoms with Crippen LogP contribution in [0.3, 0.4) is 0 Å². The molecule has 4 nitrogen and oxygen atoms in total. The highest BCUT2D eigenvalue weighted by Gasteiger charge is 2.00. The van der Waals surface area contributed by atoms with E-state index in [1.807, 2.05) is 30.3 Å². The Hall–Kier alpha value is -1.62. The lowest BCUT2D eigenvalue weighted by atomic mass is 10.3. The van der Waals surface area contributed by atoms with Gasteiger partial charge in [-0.05, 0) is 28.1 Å². The van der Waals surface area contributed by atoms with Gasteiger partial charge in [0.1, 0.15) is 22.7 Å². The number of rotatable bonds is 3. The Balaban J connectivity index is 2.05. The summed E-state index contributed by atoms with van der Waals surface area (Å²) >= 11 is 3.08. The minimum absolute atomic E-state index is 0.207. The van der Waals surface area contributed by atoms with Crippen LogP contribution in [0.5, 0.6) is 5.75 Å². The highest BCUT2D eigenvalue weighted by molar-refractivity contribution is 9.10. The molecule has 0 atom stereocenters. The molecule has 0 unspecified atom stereocenters. The quantitative estimate of drug-likeness (QED) is 0.937. The third-order valence-corrected chi connectivity index (χ3v) is 2.49. The molecule has 0 saturated heterocycles. The van der Waals surface area contributed by atoms with Crippen LogP contribution < -0.4 is 10.3 Å². The molecule has 82 valence electrons. The molecule has 1 aromatic heterocycles. The fraction of sp³-hybridized carbons (Fsp3) is 0.0909. The van der Waals surface area contributed by atoms with Gasteiger partial charge in [-0.25, -0.2) is 4.98 Å². The SMILES string of the molecule is O=c1[nH]c(COc2ccccc2)ncc1Br. The Morgan fingerprint density at radius 3 is 2.75 bits per heavy atom. The van der Waals surface area contributed by atoms with Gasteiger partial charge in [0.05, 0.1) is 0 Å². The monoisotopic (exact) mass is 280 g/mol. The number of nitrogens with one attached hydrogen (secondary N) is 1. The molecule has 5 heteroatoms. The molecular weight excluding hydrogens is 272 g/mol. The summed E-state index contributed by atoms with van der Waals surface area (Å²) in [4.78, 5) is 17.9. The van der Waals surface area contributed by atoms with E-state index in [1.54, 1.807) is 0 Å². The van der Waals surface area contributed by atoms with E-state index in [1.165, 1.54) is 6.20 Å². The molecule has 0 aliphatic heterocycles. The van der Waals surface area contributed by atoms with Crippen molar-refractivity contribution in [1.82, 2.24) is 9.97 Å². The Morgan fingerprint density at radius 1 is 1.31 bits per heavy atom. The fourth-order valence-corrected chi connectivity index (χ4v) is 1.36. The number of benzene rings is 1. The first kappa shape index (κ1) is 10.9.